The Morgan fingerprint density at radius 3 is 2.38 bits per heavy atom. The van der Waals surface area contributed by atoms with Gasteiger partial charge in [-0.1, -0.05) is 24.3 Å². The Kier molecular flexibility index (Phi) is 6.93. The molecule has 0 radical (unpaired) electrons. The first-order valence-corrected chi connectivity index (χ1v) is 9.71. The van der Waals surface area contributed by atoms with Crippen LogP contribution in [0.4, 0.5) is 14.5 Å². The highest BCUT2D eigenvalue weighted by Crippen LogP contribution is 2.19. The van der Waals surface area contributed by atoms with Crippen LogP contribution in [0.3, 0.4) is 0 Å². The van der Waals surface area contributed by atoms with Crippen LogP contribution < -0.4 is 10.6 Å². The predicted molar refractivity (Wildman–Crippen MR) is 109 cm³/mol. The molecule has 0 unspecified atom stereocenters. The van der Waals surface area contributed by atoms with Gasteiger partial charge in [-0.15, -0.1) is 0 Å². The van der Waals surface area contributed by atoms with Crippen LogP contribution in [0.2, 0.25) is 0 Å². The highest BCUT2D eigenvalue weighted by Gasteiger charge is 2.23. The molecule has 2 aromatic rings. The van der Waals surface area contributed by atoms with Crippen LogP contribution in [-0.4, -0.2) is 48.8 Å². The lowest BCUT2D eigenvalue weighted by atomic mass is 10.0. The highest BCUT2D eigenvalue weighted by molar-refractivity contribution is 6.05. The van der Waals surface area contributed by atoms with Crippen LogP contribution in [0.25, 0.3) is 0 Å². The van der Waals surface area contributed by atoms with Crippen molar-refractivity contribution in [2.75, 3.05) is 25.0 Å². The molecular weight excluding hydrogens is 376 g/mol. The van der Waals surface area contributed by atoms with Crippen molar-refractivity contribution in [1.29, 1.82) is 0 Å². The Hall–Kier alpha value is -2.80. The van der Waals surface area contributed by atoms with E-state index in [4.69, 9.17) is 0 Å². The number of hydrogen-bond acceptors (Lipinski definition) is 3. The summed E-state index contributed by atoms with van der Waals surface area (Å²) in [6.45, 7) is 2.73. The van der Waals surface area contributed by atoms with E-state index in [-0.39, 0.29) is 24.4 Å². The summed E-state index contributed by atoms with van der Waals surface area (Å²) in [6, 6.07) is 14.0. The Morgan fingerprint density at radius 1 is 1.03 bits per heavy atom. The summed E-state index contributed by atoms with van der Waals surface area (Å²) in [5.41, 5.74) is 2.43. The quantitative estimate of drug-likeness (QED) is 0.776. The van der Waals surface area contributed by atoms with E-state index < -0.39 is 6.43 Å². The van der Waals surface area contributed by atoms with Gasteiger partial charge in [0.1, 0.15) is 0 Å². The number of likely N-dealkylation sites (tertiary alicyclic amines) is 1. The molecule has 1 aliphatic heterocycles. The molecule has 0 atom stereocenters. The largest absolute Gasteiger partial charge is 0.349 e. The monoisotopic (exact) mass is 401 g/mol. The van der Waals surface area contributed by atoms with Gasteiger partial charge in [-0.3, -0.25) is 14.5 Å². The molecule has 1 heterocycles. The number of halogens is 2. The average molecular weight is 401 g/mol. The lowest BCUT2D eigenvalue weighted by molar-refractivity contribution is 0.0696. The summed E-state index contributed by atoms with van der Waals surface area (Å²) >= 11 is 0. The van der Waals surface area contributed by atoms with E-state index in [9.17, 15) is 18.4 Å². The lowest BCUT2D eigenvalue weighted by Gasteiger charge is -2.32. The average Bonchev–Trinajstić information content (AvgIpc) is 2.71. The number of amides is 2. The van der Waals surface area contributed by atoms with Gasteiger partial charge in [-0.25, -0.2) is 8.78 Å². The molecule has 29 heavy (non-hydrogen) atoms. The van der Waals surface area contributed by atoms with Crippen molar-refractivity contribution in [2.45, 2.75) is 32.2 Å². The zero-order chi connectivity index (χ0) is 20.8. The Labute approximate surface area is 169 Å². The molecule has 7 heteroatoms. The molecule has 2 amide bonds. The molecule has 154 valence electrons. The summed E-state index contributed by atoms with van der Waals surface area (Å²) < 4.78 is 25.0. The molecule has 2 N–H and O–H groups in total. The van der Waals surface area contributed by atoms with Crippen molar-refractivity contribution in [3.8, 4) is 0 Å². The van der Waals surface area contributed by atoms with Crippen LogP contribution in [0.1, 0.15) is 39.1 Å². The fourth-order valence-electron chi connectivity index (χ4n) is 3.41. The minimum atomic E-state index is -2.33. The number of carbonyl (C=O) groups excluding carboxylic acids is 2. The first kappa shape index (κ1) is 20.9. The lowest BCUT2D eigenvalue weighted by Crippen LogP contribution is -2.45. The second-order valence-corrected chi connectivity index (χ2v) is 7.29. The molecule has 1 saturated heterocycles. The van der Waals surface area contributed by atoms with E-state index in [0.717, 1.165) is 5.56 Å². The Balaban J connectivity index is 1.60. The van der Waals surface area contributed by atoms with E-state index >= 15 is 0 Å². The third-order valence-corrected chi connectivity index (χ3v) is 5.10. The number of piperidine rings is 1. The summed E-state index contributed by atoms with van der Waals surface area (Å²) in [7, 11) is 0. The van der Waals surface area contributed by atoms with E-state index in [2.05, 4.69) is 10.6 Å². The fraction of sp³-hybridized carbons (Fsp3) is 0.364. The highest BCUT2D eigenvalue weighted by atomic mass is 19.3. The van der Waals surface area contributed by atoms with Crippen LogP contribution >= 0.6 is 0 Å². The molecule has 3 rings (SSSR count). The second kappa shape index (κ2) is 9.60. The maximum absolute atomic E-state index is 12.6. The molecule has 0 spiro atoms. The molecular formula is C22H25F2N3O2. The van der Waals surface area contributed by atoms with Crippen molar-refractivity contribution < 1.29 is 18.4 Å². The smallest absolute Gasteiger partial charge is 0.255 e. The van der Waals surface area contributed by atoms with Gasteiger partial charge in [0.05, 0.1) is 6.54 Å². The van der Waals surface area contributed by atoms with E-state index in [0.29, 0.717) is 42.7 Å². The van der Waals surface area contributed by atoms with Crippen molar-refractivity contribution >= 4 is 17.5 Å². The number of aryl methyl sites for hydroxylation is 1. The topological polar surface area (TPSA) is 61.4 Å². The minimum Gasteiger partial charge on any atom is -0.349 e. The summed E-state index contributed by atoms with van der Waals surface area (Å²) in [5, 5.41) is 5.83. The van der Waals surface area contributed by atoms with Gasteiger partial charge in [-0.2, -0.15) is 0 Å². The number of alkyl halides is 2. The number of benzene rings is 2. The number of rotatable bonds is 6. The molecule has 0 bridgehead atoms. The van der Waals surface area contributed by atoms with Crippen LogP contribution in [0.15, 0.2) is 48.5 Å². The number of nitrogens with one attached hydrogen (secondary N) is 2. The van der Waals surface area contributed by atoms with Crippen LogP contribution in [-0.2, 0) is 0 Å². The van der Waals surface area contributed by atoms with E-state index in [1.165, 1.54) is 0 Å². The second-order valence-electron chi connectivity index (χ2n) is 7.29. The SMILES string of the molecule is Cc1ccc(C(=O)NC2CCN(CC(F)F)CC2)cc1NC(=O)c1ccccc1. The third-order valence-electron chi connectivity index (χ3n) is 5.10. The molecule has 2 aromatic carbocycles. The number of hydrogen-bond donors (Lipinski definition) is 2. The number of nitrogens with zero attached hydrogens (tertiary/aromatic N) is 1. The first-order chi connectivity index (χ1) is 13.9. The molecule has 0 aromatic heterocycles. The molecule has 0 saturated carbocycles. The Bertz CT molecular complexity index is 850. The van der Waals surface area contributed by atoms with Gasteiger partial charge in [-0.05, 0) is 49.6 Å². The van der Waals surface area contributed by atoms with Crippen molar-refractivity contribution in [1.82, 2.24) is 10.2 Å². The van der Waals surface area contributed by atoms with E-state index in [1.54, 1.807) is 47.4 Å². The van der Waals surface area contributed by atoms with E-state index in [1.807, 2.05) is 13.0 Å². The van der Waals surface area contributed by atoms with Gasteiger partial charge >= 0.3 is 0 Å². The van der Waals surface area contributed by atoms with Crippen molar-refractivity contribution in [3.63, 3.8) is 0 Å². The normalized spacial score (nSPS) is 15.3. The van der Waals surface area contributed by atoms with Gasteiger partial charge in [0, 0.05) is 35.9 Å². The summed E-state index contributed by atoms with van der Waals surface area (Å²) in [4.78, 5) is 26.8. The van der Waals surface area contributed by atoms with Crippen LogP contribution in [0, 0.1) is 6.92 Å². The molecule has 0 aliphatic carbocycles. The van der Waals surface area contributed by atoms with Gasteiger partial charge in [0.15, 0.2) is 0 Å². The zero-order valence-corrected chi connectivity index (χ0v) is 16.3. The molecule has 1 fully saturated rings. The van der Waals surface area contributed by atoms with Crippen molar-refractivity contribution in [2.24, 2.45) is 0 Å². The maximum atomic E-state index is 12.6. The van der Waals surface area contributed by atoms with Gasteiger partial charge in [0.2, 0.25) is 0 Å². The fourth-order valence-corrected chi connectivity index (χ4v) is 3.41. The molecule has 5 nitrogen and oxygen atoms in total. The standard InChI is InChI=1S/C22H25F2N3O2/c1-15-7-8-17(13-19(15)26-21(28)16-5-3-2-4-6-16)22(29)25-18-9-11-27(12-10-18)14-20(23)24/h2-8,13,18,20H,9-12,14H2,1H3,(H,25,29)(H,26,28). The van der Waals surface area contributed by atoms with Crippen molar-refractivity contribution in [3.05, 3.63) is 65.2 Å². The third kappa shape index (κ3) is 5.84. The van der Waals surface area contributed by atoms with Gasteiger partial charge in [0.25, 0.3) is 18.2 Å². The number of anilines is 1. The van der Waals surface area contributed by atoms with Gasteiger partial charge < -0.3 is 10.6 Å². The Morgan fingerprint density at radius 2 is 1.72 bits per heavy atom. The summed E-state index contributed by atoms with van der Waals surface area (Å²) in [6.07, 6.45) is -1.05. The summed E-state index contributed by atoms with van der Waals surface area (Å²) in [5.74, 6) is -0.467. The maximum Gasteiger partial charge on any atom is 0.255 e. The molecule has 1 aliphatic rings. The first-order valence-electron chi connectivity index (χ1n) is 9.71. The minimum absolute atomic E-state index is 0.0416. The predicted octanol–water partition coefficient (Wildman–Crippen LogP) is 3.71. The zero-order valence-electron chi connectivity index (χ0n) is 16.3. The van der Waals surface area contributed by atoms with Crippen LogP contribution in [0.5, 0.6) is 0 Å². The number of carbonyl (C=O) groups is 2.